The number of hydrogen-bond donors (Lipinski definition) is 1. The van der Waals surface area contributed by atoms with Crippen LogP contribution in [0.2, 0.25) is 0 Å². The average molecular weight is 375 g/mol. The zero-order chi connectivity index (χ0) is 15.5. The van der Waals surface area contributed by atoms with Gasteiger partial charge in [-0.2, -0.15) is 0 Å². The van der Waals surface area contributed by atoms with Gasteiger partial charge in [0.05, 0.1) is 11.5 Å². The van der Waals surface area contributed by atoms with Gasteiger partial charge in [-0.25, -0.2) is 8.42 Å². The van der Waals surface area contributed by atoms with Crippen molar-refractivity contribution in [2.24, 2.45) is 0 Å². The van der Waals surface area contributed by atoms with E-state index in [0.717, 1.165) is 17.4 Å². The lowest BCUT2D eigenvalue weighted by Crippen LogP contribution is -2.47. The molecule has 1 saturated heterocycles. The van der Waals surface area contributed by atoms with Crippen molar-refractivity contribution in [3.63, 3.8) is 0 Å². The molecular formula is C15H23BrN2O2S. The minimum absolute atomic E-state index is 0.115. The molecule has 0 saturated carbocycles. The molecule has 1 aromatic carbocycles. The van der Waals surface area contributed by atoms with Crippen molar-refractivity contribution in [2.45, 2.75) is 25.4 Å². The van der Waals surface area contributed by atoms with Crippen molar-refractivity contribution in [1.82, 2.24) is 10.2 Å². The lowest BCUT2D eigenvalue weighted by Gasteiger charge is -2.34. The highest BCUT2D eigenvalue weighted by Crippen LogP contribution is 2.22. The van der Waals surface area contributed by atoms with Crippen LogP contribution in [0.25, 0.3) is 0 Å². The summed E-state index contributed by atoms with van der Waals surface area (Å²) in [5, 5.41) is 3.35. The monoisotopic (exact) mass is 374 g/mol. The molecule has 2 rings (SSSR count). The SMILES string of the molecule is CNC(CCN1CCS(=O)(=O)CC1C)c1cccc(Br)c1. The summed E-state index contributed by atoms with van der Waals surface area (Å²) in [5.41, 5.74) is 1.25. The van der Waals surface area contributed by atoms with E-state index < -0.39 is 9.84 Å². The first-order valence-corrected chi connectivity index (χ1v) is 9.90. The van der Waals surface area contributed by atoms with Gasteiger partial charge < -0.3 is 5.32 Å². The van der Waals surface area contributed by atoms with E-state index in [1.54, 1.807) is 0 Å². The van der Waals surface area contributed by atoms with E-state index >= 15 is 0 Å². The Morgan fingerprint density at radius 3 is 2.86 bits per heavy atom. The molecule has 4 nitrogen and oxygen atoms in total. The number of rotatable bonds is 5. The summed E-state index contributed by atoms with van der Waals surface area (Å²) in [7, 11) is -0.862. The van der Waals surface area contributed by atoms with Crippen LogP contribution in [0.4, 0.5) is 0 Å². The predicted molar refractivity (Wildman–Crippen MR) is 90.2 cm³/mol. The highest BCUT2D eigenvalue weighted by molar-refractivity contribution is 9.10. The maximum atomic E-state index is 11.6. The Balaban J connectivity index is 1.95. The summed E-state index contributed by atoms with van der Waals surface area (Å²) >= 11 is 3.50. The van der Waals surface area contributed by atoms with E-state index in [0.29, 0.717) is 12.3 Å². The second-order valence-electron chi connectivity index (χ2n) is 5.68. The molecule has 2 atom stereocenters. The summed E-state index contributed by atoms with van der Waals surface area (Å²) < 4.78 is 24.3. The first-order chi connectivity index (χ1) is 9.91. The fraction of sp³-hybridized carbons (Fsp3) is 0.600. The number of hydrogen-bond acceptors (Lipinski definition) is 4. The topological polar surface area (TPSA) is 49.4 Å². The Kier molecular flexibility index (Phi) is 5.82. The number of nitrogens with zero attached hydrogens (tertiary/aromatic N) is 1. The molecule has 1 fully saturated rings. The maximum absolute atomic E-state index is 11.6. The zero-order valence-corrected chi connectivity index (χ0v) is 15.0. The summed E-state index contributed by atoms with van der Waals surface area (Å²) in [5.74, 6) is 0.576. The molecule has 21 heavy (non-hydrogen) atoms. The summed E-state index contributed by atoms with van der Waals surface area (Å²) in [6.45, 7) is 3.57. The molecule has 6 heteroatoms. The smallest absolute Gasteiger partial charge is 0.153 e. The fourth-order valence-corrected chi connectivity index (χ4v) is 4.90. The molecule has 0 aliphatic carbocycles. The fourth-order valence-electron chi connectivity index (χ4n) is 2.86. The molecule has 1 heterocycles. The van der Waals surface area contributed by atoms with E-state index in [4.69, 9.17) is 0 Å². The van der Waals surface area contributed by atoms with Gasteiger partial charge in [-0.1, -0.05) is 28.1 Å². The molecule has 1 N–H and O–H groups in total. The highest BCUT2D eigenvalue weighted by atomic mass is 79.9. The Bertz CT molecular complexity index is 577. The molecule has 0 amide bonds. The quantitative estimate of drug-likeness (QED) is 0.858. The van der Waals surface area contributed by atoms with Gasteiger partial charge >= 0.3 is 0 Å². The van der Waals surface area contributed by atoms with Crippen LogP contribution >= 0.6 is 15.9 Å². The Hall–Kier alpha value is -0.430. The van der Waals surface area contributed by atoms with Crippen LogP contribution in [-0.4, -0.2) is 51.0 Å². The summed E-state index contributed by atoms with van der Waals surface area (Å²) in [4.78, 5) is 2.28. The van der Waals surface area contributed by atoms with Crippen molar-refractivity contribution in [3.05, 3.63) is 34.3 Å². The third kappa shape index (κ3) is 4.77. The molecular weight excluding hydrogens is 352 g/mol. The molecule has 118 valence electrons. The largest absolute Gasteiger partial charge is 0.313 e. The van der Waals surface area contributed by atoms with Crippen molar-refractivity contribution >= 4 is 25.8 Å². The molecule has 0 bridgehead atoms. The van der Waals surface area contributed by atoms with Gasteiger partial charge in [-0.05, 0) is 38.1 Å². The van der Waals surface area contributed by atoms with Crippen molar-refractivity contribution in [3.8, 4) is 0 Å². The van der Waals surface area contributed by atoms with Gasteiger partial charge in [0.1, 0.15) is 0 Å². The van der Waals surface area contributed by atoms with Crippen molar-refractivity contribution in [2.75, 3.05) is 31.6 Å². The van der Waals surface area contributed by atoms with E-state index in [2.05, 4.69) is 38.3 Å². The molecule has 1 aliphatic heterocycles. The van der Waals surface area contributed by atoms with Gasteiger partial charge in [-0.3, -0.25) is 4.90 Å². The van der Waals surface area contributed by atoms with Gasteiger partial charge in [-0.15, -0.1) is 0 Å². The first-order valence-electron chi connectivity index (χ1n) is 7.28. The Morgan fingerprint density at radius 2 is 2.24 bits per heavy atom. The molecule has 0 radical (unpaired) electrons. The zero-order valence-electron chi connectivity index (χ0n) is 12.5. The molecule has 0 aromatic heterocycles. The summed E-state index contributed by atoms with van der Waals surface area (Å²) in [6, 6.07) is 8.71. The van der Waals surface area contributed by atoms with E-state index in [1.165, 1.54) is 5.56 Å². The van der Waals surface area contributed by atoms with Crippen molar-refractivity contribution < 1.29 is 8.42 Å². The molecule has 0 spiro atoms. The molecule has 1 aromatic rings. The molecule has 1 aliphatic rings. The maximum Gasteiger partial charge on any atom is 0.153 e. The van der Waals surface area contributed by atoms with Crippen LogP contribution in [0.15, 0.2) is 28.7 Å². The van der Waals surface area contributed by atoms with Crippen LogP contribution in [-0.2, 0) is 9.84 Å². The normalized spacial score (nSPS) is 23.9. The Labute approximate surface area is 136 Å². The summed E-state index contributed by atoms with van der Waals surface area (Å²) in [6.07, 6.45) is 0.970. The number of halogens is 1. The van der Waals surface area contributed by atoms with Crippen LogP contribution in [0.3, 0.4) is 0 Å². The highest BCUT2D eigenvalue weighted by Gasteiger charge is 2.28. The average Bonchev–Trinajstić information content (AvgIpc) is 2.41. The lowest BCUT2D eigenvalue weighted by atomic mass is 10.0. The lowest BCUT2D eigenvalue weighted by molar-refractivity contribution is 0.215. The Morgan fingerprint density at radius 1 is 1.48 bits per heavy atom. The van der Waals surface area contributed by atoms with Gasteiger partial charge in [0.2, 0.25) is 0 Å². The van der Waals surface area contributed by atoms with Gasteiger partial charge in [0.15, 0.2) is 9.84 Å². The first kappa shape index (κ1) is 16.9. The van der Waals surface area contributed by atoms with Gasteiger partial charge in [0.25, 0.3) is 0 Å². The third-order valence-electron chi connectivity index (χ3n) is 4.11. The minimum Gasteiger partial charge on any atom is -0.313 e. The number of sulfone groups is 1. The number of nitrogens with one attached hydrogen (secondary N) is 1. The van der Waals surface area contributed by atoms with E-state index in [9.17, 15) is 8.42 Å². The second kappa shape index (κ2) is 7.22. The standard InChI is InChI=1S/C15H23BrN2O2S/c1-12-11-21(19,20)9-8-18(12)7-6-15(17-2)13-4-3-5-14(16)10-13/h3-5,10,12,15,17H,6-9,11H2,1-2H3. The third-order valence-corrected chi connectivity index (χ3v) is 6.40. The van der Waals surface area contributed by atoms with Crippen molar-refractivity contribution in [1.29, 1.82) is 0 Å². The molecule has 2 unspecified atom stereocenters. The van der Waals surface area contributed by atoms with E-state index in [-0.39, 0.29) is 17.8 Å². The van der Waals surface area contributed by atoms with Crippen LogP contribution in [0.1, 0.15) is 24.9 Å². The number of benzene rings is 1. The second-order valence-corrected chi connectivity index (χ2v) is 8.83. The predicted octanol–water partition coefficient (Wildman–Crippen LogP) is 2.22. The van der Waals surface area contributed by atoms with E-state index in [1.807, 2.05) is 26.1 Å². The van der Waals surface area contributed by atoms with Crippen LogP contribution < -0.4 is 5.32 Å². The van der Waals surface area contributed by atoms with Gasteiger partial charge in [0, 0.05) is 29.6 Å². The minimum atomic E-state index is -2.83. The van der Waals surface area contributed by atoms with Crippen LogP contribution in [0, 0.1) is 0 Å². The van der Waals surface area contributed by atoms with Crippen LogP contribution in [0.5, 0.6) is 0 Å².